The molecule has 10 heavy (non-hydrogen) atoms. The van der Waals surface area contributed by atoms with Crippen molar-refractivity contribution in [2.75, 3.05) is 6.61 Å². The molecule has 0 unspecified atom stereocenters. The Balaban J connectivity index is 2.45. The van der Waals surface area contributed by atoms with Gasteiger partial charge in [0.2, 0.25) is 0 Å². The van der Waals surface area contributed by atoms with Gasteiger partial charge in [0.15, 0.2) is 0 Å². The SMILES string of the molecule is Cn1ncc2c1CCOC2. The van der Waals surface area contributed by atoms with Crippen LogP contribution in [0.5, 0.6) is 0 Å². The summed E-state index contributed by atoms with van der Waals surface area (Å²) in [5, 5.41) is 4.13. The van der Waals surface area contributed by atoms with Gasteiger partial charge in [-0.2, -0.15) is 5.10 Å². The summed E-state index contributed by atoms with van der Waals surface area (Å²) in [6.07, 6.45) is 2.89. The Labute approximate surface area is 59.6 Å². The van der Waals surface area contributed by atoms with E-state index in [2.05, 4.69) is 5.10 Å². The van der Waals surface area contributed by atoms with Crippen molar-refractivity contribution >= 4 is 0 Å². The predicted octanol–water partition coefficient (Wildman–Crippen LogP) is 0.493. The topological polar surface area (TPSA) is 27.1 Å². The lowest BCUT2D eigenvalue weighted by Gasteiger charge is -2.11. The number of aryl methyl sites for hydroxylation is 1. The van der Waals surface area contributed by atoms with Crippen molar-refractivity contribution in [1.29, 1.82) is 0 Å². The minimum atomic E-state index is 0.739. The summed E-state index contributed by atoms with van der Waals surface area (Å²) in [5.41, 5.74) is 2.57. The second-order valence-electron chi connectivity index (χ2n) is 2.54. The summed E-state index contributed by atoms with van der Waals surface area (Å²) in [7, 11) is 1.98. The molecular weight excluding hydrogens is 128 g/mol. The van der Waals surface area contributed by atoms with E-state index < -0.39 is 0 Å². The maximum Gasteiger partial charge on any atom is 0.0750 e. The summed E-state index contributed by atoms with van der Waals surface area (Å²) in [6.45, 7) is 1.58. The third-order valence-electron chi connectivity index (χ3n) is 1.89. The Morgan fingerprint density at radius 1 is 1.70 bits per heavy atom. The minimum absolute atomic E-state index is 0.739. The smallest absolute Gasteiger partial charge is 0.0750 e. The first kappa shape index (κ1) is 5.92. The molecule has 2 rings (SSSR count). The van der Waals surface area contributed by atoms with Gasteiger partial charge < -0.3 is 4.74 Å². The molecule has 3 heteroatoms. The maximum absolute atomic E-state index is 5.26. The zero-order chi connectivity index (χ0) is 6.97. The van der Waals surface area contributed by atoms with Crippen LogP contribution in [0.1, 0.15) is 11.3 Å². The van der Waals surface area contributed by atoms with Gasteiger partial charge >= 0.3 is 0 Å². The third-order valence-corrected chi connectivity index (χ3v) is 1.89. The van der Waals surface area contributed by atoms with Gasteiger partial charge in [-0.05, 0) is 0 Å². The zero-order valence-corrected chi connectivity index (χ0v) is 6.00. The molecule has 1 aromatic rings. The van der Waals surface area contributed by atoms with Crippen molar-refractivity contribution in [3.8, 4) is 0 Å². The molecular formula is C7H10N2O. The quantitative estimate of drug-likeness (QED) is 0.521. The van der Waals surface area contributed by atoms with Crippen LogP contribution in [-0.4, -0.2) is 16.4 Å². The van der Waals surface area contributed by atoms with Crippen LogP contribution in [-0.2, 0) is 24.8 Å². The van der Waals surface area contributed by atoms with Crippen LogP contribution < -0.4 is 0 Å². The molecule has 0 fully saturated rings. The van der Waals surface area contributed by atoms with E-state index >= 15 is 0 Å². The number of rotatable bonds is 0. The van der Waals surface area contributed by atoms with Crippen LogP contribution in [0.15, 0.2) is 6.20 Å². The lowest BCUT2D eigenvalue weighted by Crippen LogP contribution is -2.11. The summed E-state index contributed by atoms with van der Waals surface area (Å²) in [5.74, 6) is 0. The van der Waals surface area contributed by atoms with Crippen molar-refractivity contribution in [3.63, 3.8) is 0 Å². The number of ether oxygens (including phenoxy) is 1. The van der Waals surface area contributed by atoms with Crippen molar-refractivity contribution < 1.29 is 4.74 Å². The first-order chi connectivity index (χ1) is 4.88. The van der Waals surface area contributed by atoms with E-state index in [-0.39, 0.29) is 0 Å². The molecule has 54 valence electrons. The predicted molar refractivity (Wildman–Crippen MR) is 36.6 cm³/mol. The van der Waals surface area contributed by atoms with Gasteiger partial charge in [-0.15, -0.1) is 0 Å². The second kappa shape index (κ2) is 2.09. The van der Waals surface area contributed by atoms with Crippen LogP contribution in [0, 0.1) is 0 Å². The maximum atomic E-state index is 5.26. The molecule has 1 aliphatic heterocycles. The Morgan fingerprint density at radius 3 is 3.40 bits per heavy atom. The van der Waals surface area contributed by atoms with E-state index in [1.54, 1.807) is 0 Å². The highest BCUT2D eigenvalue weighted by Crippen LogP contribution is 2.14. The van der Waals surface area contributed by atoms with E-state index in [0.717, 1.165) is 19.6 Å². The average molecular weight is 138 g/mol. The fourth-order valence-electron chi connectivity index (χ4n) is 1.30. The zero-order valence-electron chi connectivity index (χ0n) is 6.00. The number of nitrogens with zero attached hydrogens (tertiary/aromatic N) is 2. The standard InChI is InChI=1S/C7H10N2O/c1-9-7-2-3-10-5-6(7)4-8-9/h4H,2-3,5H2,1H3. The first-order valence-electron chi connectivity index (χ1n) is 3.45. The Kier molecular flexibility index (Phi) is 1.24. The number of aromatic nitrogens is 2. The van der Waals surface area contributed by atoms with Crippen molar-refractivity contribution in [3.05, 3.63) is 17.5 Å². The van der Waals surface area contributed by atoms with Crippen LogP contribution in [0.3, 0.4) is 0 Å². The highest BCUT2D eigenvalue weighted by molar-refractivity contribution is 5.18. The van der Waals surface area contributed by atoms with E-state index in [9.17, 15) is 0 Å². The van der Waals surface area contributed by atoms with Crippen LogP contribution in [0.4, 0.5) is 0 Å². The van der Waals surface area contributed by atoms with Crippen molar-refractivity contribution in [2.24, 2.45) is 7.05 Å². The van der Waals surface area contributed by atoms with Gasteiger partial charge in [0.1, 0.15) is 0 Å². The molecule has 0 atom stereocenters. The average Bonchev–Trinajstić information content (AvgIpc) is 2.34. The van der Waals surface area contributed by atoms with Gasteiger partial charge in [-0.25, -0.2) is 0 Å². The highest BCUT2D eigenvalue weighted by atomic mass is 16.5. The Bertz CT molecular complexity index is 242. The molecule has 0 amide bonds. The molecule has 0 spiro atoms. The minimum Gasteiger partial charge on any atom is -0.376 e. The molecule has 2 heterocycles. The summed E-state index contributed by atoms with van der Waals surface area (Å²) in [4.78, 5) is 0. The number of hydrogen-bond donors (Lipinski definition) is 0. The Hall–Kier alpha value is -0.830. The molecule has 0 aromatic carbocycles. The van der Waals surface area contributed by atoms with Crippen molar-refractivity contribution in [1.82, 2.24) is 9.78 Å². The van der Waals surface area contributed by atoms with Gasteiger partial charge in [0.05, 0.1) is 19.4 Å². The van der Waals surface area contributed by atoms with Gasteiger partial charge in [-0.3, -0.25) is 4.68 Å². The van der Waals surface area contributed by atoms with Crippen LogP contribution >= 0.6 is 0 Å². The largest absolute Gasteiger partial charge is 0.376 e. The Morgan fingerprint density at radius 2 is 2.60 bits per heavy atom. The number of hydrogen-bond acceptors (Lipinski definition) is 2. The summed E-state index contributed by atoms with van der Waals surface area (Å²) >= 11 is 0. The molecule has 3 nitrogen and oxygen atoms in total. The monoisotopic (exact) mass is 138 g/mol. The summed E-state index contributed by atoms with van der Waals surface area (Å²) in [6, 6.07) is 0. The van der Waals surface area contributed by atoms with Gasteiger partial charge in [0.25, 0.3) is 0 Å². The van der Waals surface area contributed by atoms with Crippen LogP contribution in [0.2, 0.25) is 0 Å². The molecule has 0 saturated carbocycles. The molecule has 0 N–H and O–H groups in total. The molecule has 0 bridgehead atoms. The first-order valence-corrected chi connectivity index (χ1v) is 3.45. The highest BCUT2D eigenvalue weighted by Gasteiger charge is 2.12. The molecule has 0 radical (unpaired) electrons. The van der Waals surface area contributed by atoms with Crippen LogP contribution in [0.25, 0.3) is 0 Å². The number of fused-ring (bicyclic) bond motifs is 1. The fourth-order valence-corrected chi connectivity index (χ4v) is 1.30. The van der Waals surface area contributed by atoms with E-state index in [1.165, 1.54) is 11.3 Å². The molecule has 1 aliphatic rings. The molecule has 1 aromatic heterocycles. The lowest BCUT2D eigenvalue weighted by molar-refractivity contribution is 0.109. The molecule has 0 aliphatic carbocycles. The lowest BCUT2D eigenvalue weighted by atomic mass is 10.2. The van der Waals surface area contributed by atoms with Gasteiger partial charge in [0, 0.05) is 24.7 Å². The van der Waals surface area contributed by atoms with E-state index in [0.29, 0.717) is 0 Å². The molecule has 0 saturated heterocycles. The normalized spacial score (nSPS) is 16.9. The van der Waals surface area contributed by atoms with Crippen molar-refractivity contribution in [2.45, 2.75) is 13.0 Å². The summed E-state index contributed by atoms with van der Waals surface area (Å²) < 4.78 is 7.18. The van der Waals surface area contributed by atoms with Gasteiger partial charge in [-0.1, -0.05) is 0 Å². The van der Waals surface area contributed by atoms with E-state index in [4.69, 9.17) is 4.74 Å². The second-order valence-corrected chi connectivity index (χ2v) is 2.54. The third kappa shape index (κ3) is 0.743. The van der Waals surface area contributed by atoms with E-state index in [1.807, 2.05) is 17.9 Å². The fraction of sp³-hybridized carbons (Fsp3) is 0.571.